The molecule has 0 aromatic heterocycles. The molecule has 0 N–H and O–H groups in total. The summed E-state index contributed by atoms with van der Waals surface area (Å²) in [5, 5.41) is 0.358. The van der Waals surface area contributed by atoms with Crippen molar-refractivity contribution in [1.82, 2.24) is 4.90 Å². The number of aliphatic imine (C=N–C) groups is 1. The predicted molar refractivity (Wildman–Crippen MR) is 152 cm³/mol. The van der Waals surface area contributed by atoms with E-state index >= 15 is 0 Å². The summed E-state index contributed by atoms with van der Waals surface area (Å²) in [6, 6.07) is 5.48. The molecular weight excluding hydrogens is 607 g/mol. The van der Waals surface area contributed by atoms with E-state index in [1.165, 1.54) is 37.6 Å². The summed E-state index contributed by atoms with van der Waals surface area (Å²) in [5.74, 6) is 0. The Hall–Kier alpha value is -0.961. The van der Waals surface area contributed by atoms with Crippen molar-refractivity contribution in [3.8, 4) is 0 Å². The molecule has 0 saturated carbocycles. The number of carbonyl (C=O) groups is 1. The average molecular weight is 654 g/mol. The van der Waals surface area contributed by atoms with E-state index in [0.29, 0.717) is 9.58 Å². The van der Waals surface area contributed by atoms with Gasteiger partial charge >= 0.3 is 232 Å². The molecule has 4 nitrogen and oxygen atoms in total. The Balaban J connectivity index is 3.30. The van der Waals surface area contributed by atoms with Crippen molar-refractivity contribution in [2.24, 2.45) is 4.99 Å². The molecule has 9 heteroatoms. The van der Waals surface area contributed by atoms with Crippen molar-refractivity contribution in [3.05, 3.63) is 34.9 Å². The fourth-order valence-corrected chi connectivity index (χ4v) is 20.7. The van der Waals surface area contributed by atoms with Gasteiger partial charge in [0.05, 0.1) is 0 Å². The average Bonchev–Trinajstić information content (AvgIpc) is 2.80. The van der Waals surface area contributed by atoms with Gasteiger partial charge in [0.2, 0.25) is 0 Å². The van der Waals surface area contributed by atoms with Gasteiger partial charge in [-0.15, -0.1) is 0 Å². The second kappa shape index (κ2) is 16.2. The van der Waals surface area contributed by atoms with Crippen LogP contribution in [0.1, 0.15) is 85.6 Å². The number of alkyl halides is 3. The summed E-state index contributed by atoms with van der Waals surface area (Å²) in [5.41, 5.74) is -1.68. The summed E-state index contributed by atoms with van der Waals surface area (Å²) in [6.07, 6.45) is 1.65. The Morgan fingerprint density at radius 2 is 1.43 bits per heavy atom. The molecule has 0 aliphatic carbocycles. The number of rotatable bonds is 15. The van der Waals surface area contributed by atoms with E-state index in [4.69, 9.17) is 16.3 Å². The SMILES string of the molecule is CCC[CH2][Sn]([CH2]CCC)([CH2]CCC)[CH2]N(CCN=C(c1ccc(Cl)cc1)C(F)(F)F)C(=O)OC(C)(C)C. The summed E-state index contributed by atoms with van der Waals surface area (Å²) in [4.78, 5) is 18.9. The molecule has 0 aliphatic heterocycles. The molecule has 0 atom stereocenters. The first-order chi connectivity index (χ1) is 17.3. The predicted octanol–water partition coefficient (Wildman–Crippen LogP) is 9.32. The molecule has 0 spiro atoms. The van der Waals surface area contributed by atoms with Crippen LogP contribution in [0.5, 0.6) is 0 Å². The van der Waals surface area contributed by atoms with Gasteiger partial charge in [0, 0.05) is 0 Å². The molecule has 37 heavy (non-hydrogen) atoms. The maximum absolute atomic E-state index is 13.8. The van der Waals surface area contributed by atoms with Crippen molar-refractivity contribution in [2.45, 2.75) is 105 Å². The number of ether oxygens (including phenoxy) is 1. The maximum atomic E-state index is 13.8. The van der Waals surface area contributed by atoms with Crippen LogP contribution in [-0.4, -0.2) is 64.5 Å². The molecule has 0 radical (unpaired) electrons. The van der Waals surface area contributed by atoms with Gasteiger partial charge in [-0.1, -0.05) is 0 Å². The molecule has 0 unspecified atom stereocenters. The van der Waals surface area contributed by atoms with Crippen molar-refractivity contribution in [3.63, 3.8) is 0 Å². The molecule has 0 aliphatic rings. The zero-order chi connectivity index (χ0) is 28.1. The number of nitrogens with zero attached hydrogens (tertiary/aromatic N) is 2. The number of benzene rings is 1. The number of hydrogen-bond donors (Lipinski definition) is 0. The number of unbranched alkanes of at least 4 members (excludes halogenated alkanes) is 3. The molecule has 1 amide bonds. The van der Waals surface area contributed by atoms with E-state index in [2.05, 4.69) is 25.8 Å². The van der Waals surface area contributed by atoms with Gasteiger partial charge in [-0.2, -0.15) is 0 Å². The van der Waals surface area contributed by atoms with E-state index in [-0.39, 0.29) is 18.7 Å². The van der Waals surface area contributed by atoms with Crippen molar-refractivity contribution >= 4 is 41.8 Å². The van der Waals surface area contributed by atoms with Crippen LogP contribution in [0, 0.1) is 0 Å². The van der Waals surface area contributed by atoms with Crippen LogP contribution >= 0.6 is 11.6 Å². The van der Waals surface area contributed by atoms with Crippen molar-refractivity contribution in [2.75, 3.05) is 17.7 Å². The number of amides is 1. The van der Waals surface area contributed by atoms with Crippen molar-refractivity contribution in [1.29, 1.82) is 0 Å². The normalized spacial score (nSPS) is 13.1. The molecule has 1 aromatic carbocycles. The van der Waals surface area contributed by atoms with Gasteiger partial charge < -0.3 is 0 Å². The first-order valence-electron chi connectivity index (χ1n) is 13.6. The second-order valence-electron chi connectivity index (χ2n) is 10.9. The molecule has 0 saturated heterocycles. The summed E-state index contributed by atoms with van der Waals surface area (Å²) in [6.45, 7) is 11.9. The quantitative estimate of drug-likeness (QED) is 0.140. The van der Waals surface area contributed by atoms with Gasteiger partial charge in [-0.3, -0.25) is 0 Å². The topological polar surface area (TPSA) is 41.9 Å². The molecule has 0 fully saturated rings. The molecule has 1 rings (SSSR count). The zero-order valence-electron chi connectivity index (χ0n) is 23.5. The molecule has 212 valence electrons. The van der Waals surface area contributed by atoms with Crippen LogP contribution in [0.4, 0.5) is 18.0 Å². The summed E-state index contributed by atoms with van der Waals surface area (Å²) in [7, 11) is 0. The minimum atomic E-state index is -4.61. The molecule has 0 heterocycles. The number of halogens is 4. The van der Waals surface area contributed by atoms with Crippen LogP contribution in [0.25, 0.3) is 0 Å². The monoisotopic (exact) mass is 654 g/mol. The Morgan fingerprint density at radius 1 is 0.946 bits per heavy atom. The second-order valence-corrected chi connectivity index (χ2v) is 25.1. The van der Waals surface area contributed by atoms with E-state index in [0.717, 1.165) is 38.5 Å². The van der Waals surface area contributed by atoms with Crippen LogP contribution in [0.2, 0.25) is 18.3 Å². The summed E-state index contributed by atoms with van der Waals surface area (Å²) >= 11 is 3.03. The van der Waals surface area contributed by atoms with E-state index in [9.17, 15) is 18.0 Å². The Labute approximate surface area is 231 Å². The minimum absolute atomic E-state index is 0.0388. The third kappa shape index (κ3) is 13.1. The Morgan fingerprint density at radius 3 is 1.84 bits per heavy atom. The first kappa shape index (κ1) is 34.1. The van der Waals surface area contributed by atoms with Crippen LogP contribution in [0.15, 0.2) is 29.3 Å². The fraction of sp³-hybridized carbons (Fsp3) is 0.714. The van der Waals surface area contributed by atoms with E-state index < -0.39 is 42.0 Å². The third-order valence-electron chi connectivity index (χ3n) is 6.39. The van der Waals surface area contributed by atoms with E-state index in [1.807, 2.05) is 20.8 Å². The van der Waals surface area contributed by atoms with Gasteiger partial charge in [0.25, 0.3) is 0 Å². The van der Waals surface area contributed by atoms with Gasteiger partial charge in [0.15, 0.2) is 0 Å². The van der Waals surface area contributed by atoms with E-state index in [1.54, 1.807) is 4.90 Å². The van der Waals surface area contributed by atoms with Gasteiger partial charge in [-0.05, 0) is 0 Å². The third-order valence-corrected chi connectivity index (χ3v) is 21.8. The van der Waals surface area contributed by atoms with Crippen LogP contribution < -0.4 is 0 Å². The Kier molecular flexibility index (Phi) is 14.9. The number of hydrogen-bond acceptors (Lipinski definition) is 3. The number of carbonyl (C=O) groups excluding carboxylic acids is 1. The van der Waals surface area contributed by atoms with Crippen molar-refractivity contribution < 1.29 is 22.7 Å². The van der Waals surface area contributed by atoms with Crippen LogP contribution in [0.3, 0.4) is 0 Å². The molecule has 1 aromatic rings. The standard InChI is InChI=1S/C16H19ClF3N2O2.3C4H9.Sn/c1-15(2,3)24-14(23)22(4)10-9-21-13(16(18,19)20)11-5-7-12(17)8-6-11;3*1-3-4-2;/h5-8H,4,9-10H2,1-3H3;3*1,3-4H2,2H3;. The Bertz CT molecular complexity index is 818. The molecular formula is C28H46ClF3N2O2Sn. The zero-order valence-corrected chi connectivity index (χ0v) is 27.1. The van der Waals surface area contributed by atoms with Gasteiger partial charge in [0.1, 0.15) is 0 Å². The fourth-order valence-electron chi connectivity index (χ4n) is 4.47. The van der Waals surface area contributed by atoms with Gasteiger partial charge in [-0.25, -0.2) is 0 Å². The first-order valence-corrected chi connectivity index (χ1v) is 22.1. The van der Waals surface area contributed by atoms with Crippen LogP contribution in [-0.2, 0) is 4.74 Å². The molecule has 0 bridgehead atoms. The summed E-state index contributed by atoms with van der Waals surface area (Å²) < 4.78 is 51.5.